The lowest BCUT2D eigenvalue weighted by atomic mass is 9.90. The first-order valence-electron chi connectivity index (χ1n) is 11.2. The van der Waals surface area contributed by atoms with Gasteiger partial charge in [0.2, 0.25) is 0 Å². The number of carbonyl (C=O) groups is 1. The highest BCUT2D eigenvalue weighted by atomic mass is 32.1. The van der Waals surface area contributed by atoms with Gasteiger partial charge in [-0.2, -0.15) is 0 Å². The third kappa shape index (κ3) is 3.89. The minimum Gasteiger partial charge on any atom is -0.496 e. The Kier molecular flexibility index (Phi) is 5.90. The van der Waals surface area contributed by atoms with Crippen molar-refractivity contribution < 1.29 is 18.7 Å². The van der Waals surface area contributed by atoms with Crippen LogP contribution in [-0.4, -0.2) is 24.3 Å². The van der Waals surface area contributed by atoms with E-state index in [0.717, 1.165) is 16.5 Å². The zero-order chi connectivity index (χ0) is 24.7. The highest BCUT2D eigenvalue weighted by Gasteiger charge is 2.36. The van der Waals surface area contributed by atoms with Gasteiger partial charge >= 0.3 is 5.97 Å². The number of ether oxygens (including phenoxy) is 2. The number of thiazole rings is 1. The van der Waals surface area contributed by atoms with Crippen LogP contribution < -0.4 is 19.6 Å². The van der Waals surface area contributed by atoms with E-state index >= 15 is 0 Å². The van der Waals surface area contributed by atoms with E-state index in [1.54, 1.807) is 31.6 Å². The molecule has 5 rings (SSSR count). The lowest BCUT2D eigenvalue weighted by Gasteiger charge is -2.27. The molecule has 7 nitrogen and oxygen atoms in total. The normalized spacial score (nSPS) is 15.8. The molecule has 0 saturated heterocycles. The van der Waals surface area contributed by atoms with Crippen LogP contribution in [0, 0.1) is 6.92 Å². The Morgan fingerprint density at radius 3 is 2.69 bits per heavy atom. The van der Waals surface area contributed by atoms with Gasteiger partial charge in [0.1, 0.15) is 23.3 Å². The van der Waals surface area contributed by atoms with Crippen LogP contribution in [-0.2, 0) is 9.53 Å². The second-order valence-electron chi connectivity index (χ2n) is 8.15. The summed E-state index contributed by atoms with van der Waals surface area (Å²) in [5.74, 6) is 1.39. The van der Waals surface area contributed by atoms with Crippen LogP contribution in [0.15, 0.2) is 74.0 Å². The lowest BCUT2D eigenvalue weighted by molar-refractivity contribution is -0.139. The molecule has 0 amide bonds. The standard InChI is InChI=1S/C27H24N2O5S/c1-5-33-26(31)22-16(3)28-27-29(25(30)21(35-27)14-18-12-10-15(2)34-18)24(22)23-19-9-7-6-8-17(19)11-13-20(23)32-4/h6-14,24H,5H2,1-4H3/b21-14+/t24-/m0/s1. The average Bonchev–Trinajstić information content (AvgIpc) is 3.39. The van der Waals surface area contributed by atoms with E-state index in [-0.39, 0.29) is 12.2 Å². The van der Waals surface area contributed by atoms with Crippen molar-refractivity contribution >= 4 is 34.2 Å². The Morgan fingerprint density at radius 2 is 1.97 bits per heavy atom. The molecular weight excluding hydrogens is 464 g/mol. The van der Waals surface area contributed by atoms with Crippen molar-refractivity contribution in [2.45, 2.75) is 26.8 Å². The maximum absolute atomic E-state index is 13.8. The predicted molar refractivity (Wildman–Crippen MR) is 134 cm³/mol. The average molecular weight is 489 g/mol. The van der Waals surface area contributed by atoms with Gasteiger partial charge in [-0.25, -0.2) is 9.79 Å². The van der Waals surface area contributed by atoms with Gasteiger partial charge in [0.15, 0.2) is 4.80 Å². The molecule has 0 unspecified atom stereocenters. The van der Waals surface area contributed by atoms with Crippen LogP contribution in [0.4, 0.5) is 0 Å². The first-order chi connectivity index (χ1) is 16.9. The molecule has 0 aliphatic carbocycles. The van der Waals surface area contributed by atoms with Crippen molar-refractivity contribution in [1.82, 2.24) is 4.57 Å². The van der Waals surface area contributed by atoms with E-state index in [2.05, 4.69) is 4.99 Å². The Hall–Kier alpha value is -3.91. The highest BCUT2D eigenvalue weighted by molar-refractivity contribution is 7.07. The summed E-state index contributed by atoms with van der Waals surface area (Å²) in [5, 5.41) is 1.85. The summed E-state index contributed by atoms with van der Waals surface area (Å²) >= 11 is 1.26. The minimum absolute atomic E-state index is 0.206. The summed E-state index contributed by atoms with van der Waals surface area (Å²) in [5.41, 5.74) is 1.26. The van der Waals surface area contributed by atoms with Crippen LogP contribution in [0.1, 0.15) is 37.0 Å². The van der Waals surface area contributed by atoms with Gasteiger partial charge in [0, 0.05) is 11.6 Å². The van der Waals surface area contributed by atoms with Gasteiger partial charge in [-0.3, -0.25) is 9.36 Å². The molecule has 0 bridgehead atoms. The largest absolute Gasteiger partial charge is 0.496 e. The van der Waals surface area contributed by atoms with Gasteiger partial charge in [0.05, 0.1) is 29.5 Å². The number of methoxy groups -OCH3 is 1. The Balaban J connectivity index is 1.86. The van der Waals surface area contributed by atoms with Crippen LogP contribution >= 0.6 is 11.3 Å². The number of furan rings is 1. The monoisotopic (exact) mass is 488 g/mol. The number of benzene rings is 2. The van der Waals surface area contributed by atoms with E-state index in [1.807, 2.05) is 55.5 Å². The topological polar surface area (TPSA) is 83.0 Å². The molecule has 0 saturated carbocycles. The van der Waals surface area contributed by atoms with Gasteiger partial charge in [-0.05, 0) is 49.7 Å². The van der Waals surface area contributed by atoms with Crippen molar-refractivity contribution in [3.05, 3.63) is 96.6 Å². The molecule has 1 aliphatic rings. The quantitative estimate of drug-likeness (QED) is 0.399. The van der Waals surface area contributed by atoms with Crippen molar-refractivity contribution in [3.63, 3.8) is 0 Å². The molecule has 2 aromatic heterocycles. The molecule has 3 heterocycles. The third-order valence-corrected chi connectivity index (χ3v) is 6.96. The van der Waals surface area contributed by atoms with Crippen molar-refractivity contribution in [2.24, 2.45) is 4.99 Å². The lowest BCUT2D eigenvalue weighted by Crippen LogP contribution is -2.40. The van der Waals surface area contributed by atoms with Gasteiger partial charge in [-0.15, -0.1) is 0 Å². The number of nitrogens with zero attached hydrogens (tertiary/aromatic N) is 2. The minimum atomic E-state index is -0.771. The molecule has 1 atom stereocenters. The number of allylic oxidation sites excluding steroid dienone is 1. The molecule has 1 aliphatic heterocycles. The Morgan fingerprint density at radius 1 is 1.17 bits per heavy atom. The van der Waals surface area contributed by atoms with E-state index in [4.69, 9.17) is 13.9 Å². The van der Waals surface area contributed by atoms with Crippen LogP contribution in [0.3, 0.4) is 0 Å². The van der Waals surface area contributed by atoms with Crippen molar-refractivity contribution in [1.29, 1.82) is 0 Å². The molecule has 0 N–H and O–H groups in total. The fourth-order valence-corrected chi connectivity index (χ4v) is 5.49. The van der Waals surface area contributed by atoms with E-state index in [0.29, 0.717) is 37.7 Å². The summed E-state index contributed by atoms with van der Waals surface area (Å²) in [6, 6.07) is 14.5. The summed E-state index contributed by atoms with van der Waals surface area (Å²) in [4.78, 5) is 32.2. The number of aryl methyl sites for hydroxylation is 1. The van der Waals surface area contributed by atoms with E-state index in [1.165, 1.54) is 11.3 Å². The maximum atomic E-state index is 13.8. The molecule has 0 radical (unpaired) electrons. The molecule has 4 aromatic rings. The number of fused-ring (bicyclic) bond motifs is 2. The van der Waals surface area contributed by atoms with Gasteiger partial charge in [-0.1, -0.05) is 41.7 Å². The van der Waals surface area contributed by atoms with Crippen LogP contribution in [0.25, 0.3) is 16.8 Å². The van der Waals surface area contributed by atoms with Crippen LogP contribution in [0.5, 0.6) is 5.75 Å². The molecule has 0 spiro atoms. The molecule has 0 fully saturated rings. The summed E-state index contributed by atoms with van der Waals surface area (Å²) < 4.78 is 18.9. The number of hydrogen-bond acceptors (Lipinski definition) is 7. The zero-order valence-electron chi connectivity index (χ0n) is 19.8. The van der Waals surface area contributed by atoms with Crippen molar-refractivity contribution in [2.75, 3.05) is 13.7 Å². The number of esters is 1. The Labute approximate surface area is 205 Å². The van der Waals surface area contributed by atoms with Crippen molar-refractivity contribution in [3.8, 4) is 5.75 Å². The zero-order valence-corrected chi connectivity index (χ0v) is 20.6. The fourth-order valence-electron chi connectivity index (χ4n) is 4.46. The molecule has 2 aromatic carbocycles. The SMILES string of the molecule is CCOC(=O)C1=C(C)N=c2s/c(=C/c3ccc(C)o3)c(=O)n2[C@@H]1c1c(OC)ccc2ccccc12. The first kappa shape index (κ1) is 22.9. The summed E-state index contributed by atoms with van der Waals surface area (Å²) in [6.45, 7) is 5.57. The number of hydrogen-bond donors (Lipinski definition) is 0. The van der Waals surface area contributed by atoms with Gasteiger partial charge in [0.25, 0.3) is 5.56 Å². The van der Waals surface area contributed by atoms with Crippen LogP contribution in [0.2, 0.25) is 0 Å². The van der Waals surface area contributed by atoms with E-state index in [9.17, 15) is 9.59 Å². The second kappa shape index (κ2) is 9.03. The first-order valence-corrected chi connectivity index (χ1v) is 12.1. The Bertz CT molecular complexity index is 1670. The van der Waals surface area contributed by atoms with Gasteiger partial charge < -0.3 is 13.9 Å². The molecule has 178 valence electrons. The third-order valence-electron chi connectivity index (χ3n) is 5.98. The number of rotatable bonds is 5. The molecule has 35 heavy (non-hydrogen) atoms. The highest BCUT2D eigenvalue weighted by Crippen LogP contribution is 2.40. The number of carbonyl (C=O) groups excluding carboxylic acids is 1. The number of aromatic nitrogens is 1. The smallest absolute Gasteiger partial charge is 0.338 e. The fraction of sp³-hybridized carbons (Fsp3) is 0.222. The molecule has 8 heteroatoms. The maximum Gasteiger partial charge on any atom is 0.338 e. The second-order valence-corrected chi connectivity index (χ2v) is 9.16. The summed E-state index contributed by atoms with van der Waals surface area (Å²) in [6.07, 6.45) is 1.71. The van der Waals surface area contributed by atoms with E-state index < -0.39 is 12.0 Å². The molecular formula is C27H24N2O5S. The summed E-state index contributed by atoms with van der Waals surface area (Å²) in [7, 11) is 1.58. The predicted octanol–water partition coefficient (Wildman–Crippen LogP) is 3.86.